The number of primary amides is 1. The Balaban J connectivity index is 1.46. The van der Waals surface area contributed by atoms with E-state index < -0.39 is 6.10 Å². The van der Waals surface area contributed by atoms with E-state index in [1.165, 1.54) is 25.7 Å². The molecule has 2 atom stereocenters. The fraction of sp³-hybridized carbons (Fsp3) is 0.708. The lowest BCUT2D eigenvalue weighted by atomic mass is 9.83. The maximum absolute atomic E-state index is 11.2. The van der Waals surface area contributed by atoms with Crippen molar-refractivity contribution in [3.8, 4) is 0 Å². The third-order valence-electron chi connectivity index (χ3n) is 7.45. The van der Waals surface area contributed by atoms with E-state index in [4.69, 9.17) is 5.73 Å². The van der Waals surface area contributed by atoms with Gasteiger partial charge in [0.2, 0.25) is 5.91 Å². The van der Waals surface area contributed by atoms with Crippen LogP contribution in [0.3, 0.4) is 0 Å². The maximum atomic E-state index is 11.2. The Morgan fingerprint density at radius 2 is 2.03 bits per heavy atom. The topological polar surface area (TPSA) is 101 Å². The Kier molecular flexibility index (Phi) is 7.30. The predicted octanol–water partition coefficient (Wildman–Crippen LogP) is 2.25. The van der Waals surface area contributed by atoms with Crippen molar-refractivity contribution in [2.24, 2.45) is 23.5 Å². The number of nitrogens with two attached hydrogens (primary N) is 1. The molecule has 1 saturated carbocycles. The molecule has 0 radical (unpaired) electrons. The van der Waals surface area contributed by atoms with Crippen molar-refractivity contribution in [1.29, 1.82) is 0 Å². The second-order valence-electron chi connectivity index (χ2n) is 9.88. The number of β-amino-alcohol motifs (C(OH)–C–C–N with tert-alkyl or cyclic N) is 1. The van der Waals surface area contributed by atoms with Gasteiger partial charge in [-0.1, -0.05) is 19.8 Å². The van der Waals surface area contributed by atoms with Gasteiger partial charge in [-0.2, -0.15) is 0 Å². The zero-order valence-corrected chi connectivity index (χ0v) is 19.5. The van der Waals surface area contributed by atoms with E-state index in [-0.39, 0.29) is 18.4 Å². The number of carbonyl (C=O) groups is 1. The van der Waals surface area contributed by atoms with Crippen molar-refractivity contribution in [3.05, 3.63) is 18.6 Å². The lowest BCUT2D eigenvalue weighted by Gasteiger charge is -2.35. The molecule has 1 aliphatic heterocycles. The summed E-state index contributed by atoms with van der Waals surface area (Å²) in [7, 11) is 0. The van der Waals surface area contributed by atoms with E-state index in [0.29, 0.717) is 13.1 Å². The zero-order valence-electron chi connectivity index (χ0n) is 19.5. The Bertz CT molecular complexity index is 907. The summed E-state index contributed by atoms with van der Waals surface area (Å²) in [6, 6.07) is 2.12. The average Bonchev–Trinajstić information content (AvgIpc) is 3.18. The van der Waals surface area contributed by atoms with Gasteiger partial charge >= 0.3 is 0 Å². The molecule has 4 rings (SSSR count). The van der Waals surface area contributed by atoms with Crippen LogP contribution in [0.4, 0.5) is 5.82 Å². The van der Waals surface area contributed by atoms with Crippen LogP contribution in [-0.4, -0.2) is 69.3 Å². The minimum Gasteiger partial charge on any atom is -0.391 e. The number of aromatic nitrogens is 3. The number of aliphatic hydroxyl groups excluding tert-OH is 1. The van der Waals surface area contributed by atoms with Crippen molar-refractivity contribution in [2.75, 3.05) is 37.6 Å². The fourth-order valence-electron chi connectivity index (χ4n) is 5.45. The third-order valence-corrected chi connectivity index (χ3v) is 7.45. The molecular weight excluding hydrogens is 404 g/mol. The molecule has 1 saturated heterocycles. The first kappa shape index (κ1) is 23.0. The van der Waals surface area contributed by atoms with Crippen molar-refractivity contribution < 1.29 is 9.90 Å². The highest BCUT2D eigenvalue weighted by molar-refractivity contribution is 5.87. The minimum absolute atomic E-state index is 0.125. The molecule has 8 heteroatoms. The molecule has 32 heavy (non-hydrogen) atoms. The summed E-state index contributed by atoms with van der Waals surface area (Å²) >= 11 is 0. The van der Waals surface area contributed by atoms with Crippen LogP contribution < -0.4 is 10.6 Å². The molecule has 3 N–H and O–H groups in total. The second kappa shape index (κ2) is 10.2. The smallest absolute Gasteiger partial charge is 0.231 e. The lowest BCUT2D eigenvalue weighted by Crippen LogP contribution is -2.47. The Morgan fingerprint density at radius 1 is 1.25 bits per heavy atom. The first-order valence-electron chi connectivity index (χ1n) is 12.2. The van der Waals surface area contributed by atoms with Crippen LogP contribution in [0.5, 0.6) is 0 Å². The van der Waals surface area contributed by atoms with Gasteiger partial charge in [-0.05, 0) is 50.6 Å². The highest BCUT2D eigenvalue weighted by Crippen LogP contribution is 2.32. The first-order valence-corrected chi connectivity index (χ1v) is 12.2. The molecule has 2 aromatic rings. The van der Waals surface area contributed by atoms with Crippen LogP contribution in [0.25, 0.3) is 11.0 Å². The van der Waals surface area contributed by atoms with Gasteiger partial charge in [0.05, 0.1) is 18.0 Å². The van der Waals surface area contributed by atoms with Crippen molar-refractivity contribution >= 4 is 22.8 Å². The molecule has 2 fully saturated rings. The number of aliphatic hydroxyl groups is 1. The highest BCUT2D eigenvalue weighted by Gasteiger charge is 2.29. The molecule has 1 amide bonds. The number of carbonyl (C=O) groups excluding carboxylic acids is 1. The van der Waals surface area contributed by atoms with Gasteiger partial charge in [-0.3, -0.25) is 9.69 Å². The molecule has 0 bridgehead atoms. The largest absolute Gasteiger partial charge is 0.391 e. The number of piperidine rings is 1. The second-order valence-corrected chi connectivity index (χ2v) is 9.88. The van der Waals surface area contributed by atoms with E-state index in [0.717, 1.165) is 54.7 Å². The number of nitrogens with zero attached hydrogens (tertiary/aromatic N) is 5. The lowest BCUT2D eigenvalue weighted by molar-refractivity contribution is -0.120. The highest BCUT2D eigenvalue weighted by atomic mass is 16.3. The molecular formula is C24H38N6O2. The van der Waals surface area contributed by atoms with Crippen molar-refractivity contribution in [3.63, 3.8) is 0 Å². The van der Waals surface area contributed by atoms with Crippen LogP contribution in [-0.2, 0) is 11.3 Å². The van der Waals surface area contributed by atoms with Gasteiger partial charge in [0.15, 0.2) is 0 Å². The number of amides is 1. The van der Waals surface area contributed by atoms with Gasteiger partial charge in [-0.25, -0.2) is 9.97 Å². The molecule has 2 aromatic heterocycles. The fourth-order valence-corrected chi connectivity index (χ4v) is 5.45. The normalized spacial score (nSPS) is 27.0. The summed E-state index contributed by atoms with van der Waals surface area (Å²) in [4.78, 5) is 24.8. The minimum atomic E-state index is -0.484. The van der Waals surface area contributed by atoms with Crippen LogP contribution in [0.1, 0.15) is 46.0 Å². The van der Waals surface area contributed by atoms with E-state index in [9.17, 15) is 9.90 Å². The van der Waals surface area contributed by atoms with Gasteiger partial charge in [0, 0.05) is 38.3 Å². The van der Waals surface area contributed by atoms with Gasteiger partial charge in [0.1, 0.15) is 17.8 Å². The molecule has 3 heterocycles. The van der Waals surface area contributed by atoms with E-state index in [1.54, 1.807) is 6.33 Å². The Hall–Kier alpha value is -2.19. The molecule has 0 spiro atoms. The van der Waals surface area contributed by atoms with Crippen LogP contribution >= 0.6 is 0 Å². The first-order chi connectivity index (χ1) is 15.4. The van der Waals surface area contributed by atoms with Crippen molar-refractivity contribution in [1.82, 2.24) is 19.4 Å². The number of hydrogen-bond acceptors (Lipinski definition) is 6. The zero-order chi connectivity index (χ0) is 22.7. The molecule has 0 unspecified atom stereocenters. The average molecular weight is 443 g/mol. The molecule has 2 aliphatic rings. The molecule has 1 aliphatic carbocycles. The van der Waals surface area contributed by atoms with E-state index >= 15 is 0 Å². The van der Waals surface area contributed by atoms with Crippen LogP contribution in [0.15, 0.2) is 18.6 Å². The molecule has 176 valence electrons. The number of likely N-dealkylation sites (tertiary alicyclic amines) is 1. The van der Waals surface area contributed by atoms with E-state index in [1.807, 2.05) is 4.90 Å². The summed E-state index contributed by atoms with van der Waals surface area (Å²) in [6.07, 6.45) is 9.36. The third kappa shape index (κ3) is 5.23. The summed E-state index contributed by atoms with van der Waals surface area (Å²) < 4.78 is 2.15. The number of anilines is 1. The SMILES string of the molecule is CCN(CC1CCC(C)CC1)c1ncnc2c1ccn2C[C@@H]1CCN(CC(N)=O)C[C@H]1O. The standard InChI is InChI=1S/C24H38N6O2/c1-3-29(12-18-6-4-17(2)5-7-18)23-20-9-11-30(24(20)27-16-26-23)13-19-8-10-28(14-21(19)31)15-22(25)32/h9,11,16-19,21,31H,3-8,10,12-15H2,1-2H3,(H2,25,32)/t17?,18?,19-,21+/m0/s1. The summed E-state index contributed by atoms with van der Waals surface area (Å²) in [5, 5.41) is 11.7. The Labute approximate surface area is 190 Å². The van der Waals surface area contributed by atoms with Gasteiger partial charge in [-0.15, -0.1) is 0 Å². The number of hydrogen-bond donors (Lipinski definition) is 2. The summed E-state index contributed by atoms with van der Waals surface area (Å²) in [6.45, 7) is 8.72. The van der Waals surface area contributed by atoms with E-state index in [2.05, 4.69) is 45.5 Å². The summed E-state index contributed by atoms with van der Waals surface area (Å²) in [5.74, 6) is 2.39. The Morgan fingerprint density at radius 3 is 2.72 bits per heavy atom. The predicted molar refractivity (Wildman–Crippen MR) is 126 cm³/mol. The summed E-state index contributed by atoms with van der Waals surface area (Å²) in [5.41, 5.74) is 6.23. The molecule has 8 nitrogen and oxygen atoms in total. The number of rotatable bonds is 8. The van der Waals surface area contributed by atoms with Gasteiger partial charge in [0.25, 0.3) is 0 Å². The quantitative estimate of drug-likeness (QED) is 0.650. The maximum Gasteiger partial charge on any atom is 0.231 e. The van der Waals surface area contributed by atoms with Crippen LogP contribution in [0, 0.1) is 17.8 Å². The molecule has 0 aromatic carbocycles. The van der Waals surface area contributed by atoms with Crippen molar-refractivity contribution in [2.45, 2.75) is 58.6 Å². The number of fused-ring (bicyclic) bond motifs is 1. The van der Waals surface area contributed by atoms with Gasteiger partial charge < -0.3 is 20.3 Å². The monoisotopic (exact) mass is 442 g/mol. The van der Waals surface area contributed by atoms with Crippen LogP contribution in [0.2, 0.25) is 0 Å².